The normalized spacial score (nSPS) is 11.5. The van der Waals surface area contributed by atoms with Crippen molar-refractivity contribution in [2.24, 2.45) is 0 Å². The Morgan fingerprint density at radius 1 is 0.900 bits per heavy atom. The first kappa shape index (κ1) is 25.3. The molecule has 0 aliphatic heterocycles. The van der Waals surface area contributed by atoms with E-state index in [1.165, 1.54) is 16.6 Å². The molecule has 3 aromatic carbocycles. The Hall–Kier alpha value is -4.96. The van der Waals surface area contributed by atoms with Crippen molar-refractivity contribution in [3.63, 3.8) is 0 Å². The van der Waals surface area contributed by atoms with Crippen molar-refractivity contribution in [2.45, 2.75) is 13.5 Å². The first-order chi connectivity index (χ1) is 19.6. The highest BCUT2D eigenvalue weighted by Gasteiger charge is 2.29. The van der Waals surface area contributed by atoms with Gasteiger partial charge in [0.2, 0.25) is 10.5 Å². The van der Waals surface area contributed by atoms with Crippen LogP contribution in [0.1, 0.15) is 21.5 Å². The number of amides is 1. The fourth-order valence-corrected chi connectivity index (χ4v) is 6.97. The van der Waals surface area contributed by atoms with Crippen LogP contribution in [-0.4, -0.2) is 45.5 Å². The maximum atomic E-state index is 12.9. The van der Waals surface area contributed by atoms with Crippen LogP contribution in [0.2, 0.25) is 0 Å². The van der Waals surface area contributed by atoms with Gasteiger partial charge >= 0.3 is 0 Å². The first-order valence-corrected chi connectivity index (χ1v) is 13.7. The number of methoxy groups -OCH3 is 2. The lowest BCUT2D eigenvalue weighted by atomic mass is 10.1. The smallest absolute Gasteiger partial charge is 0.272 e. The van der Waals surface area contributed by atoms with Crippen molar-refractivity contribution in [2.75, 3.05) is 14.2 Å². The standard InChI is InChI=1S/C30H24N6O3S/c1-18-4-10-26-23(12-18)24-13-22(38-2)14-25(39-3)28(24)40(26)27-11-9-21(16-31-27)30(37)32-15-19-5-7-20(8-6-19)29-35-33-17-34-36-29/h4-14,16-17H,15H2,1-3H3/p+1. The number of ether oxygens (including phenoxy) is 2. The van der Waals surface area contributed by atoms with Gasteiger partial charge in [0.15, 0.2) is 16.8 Å². The number of aryl methyl sites for hydroxylation is 1. The van der Waals surface area contributed by atoms with Crippen molar-refractivity contribution >= 4 is 36.5 Å². The molecule has 1 amide bonds. The summed E-state index contributed by atoms with van der Waals surface area (Å²) in [5.41, 5.74) is 3.41. The van der Waals surface area contributed by atoms with Crippen LogP contribution in [0.5, 0.6) is 11.5 Å². The molecule has 1 atom stereocenters. The monoisotopic (exact) mass is 549 g/mol. The quantitative estimate of drug-likeness (QED) is 0.255. The fraction of sp³-hybridized carbons (Fsp3) is 0.133. The van der Waals surface area contributed by atoms with E-state index in [2.05, 4.69) is 56.9 Å². The third-order valence-corrected chi connectivity index (χ3v) is 8.90. The highest BCUT2D eigenvalue weighted by atomic mass is 32.2. The number of hydrogen-bond donors (Lipinski definition) is 1. The van der Waals surface area contributed by atoms with Crippen molar-refractivity contribution < 1.29 is 14.3 Å². The summed E-state index contributed by atoms with van der Waals surface area (Å²) in [5.74, 6) is 1.75. The van der Waals surface area contributed by atoms with E-state index < -0.39 is 10.5 Å². The first-order valence-electron chi connectivity index (χ1n) is 12.5. The van der Waals surface area contributed by atoms with E-state index in [9.17, 15) is 4.79 Å². The molecule has 9 nitrogen and oxygen atoms in total. The van der Waals surface area contributed by atoms with Crippen molar-refractivity contribution in [3.8, 4) is 27.9 Å². The summed E-state index contributed by atoms with van der Waals surface area (Å²) in [6, 6.07) is 21.7. The number of benzene rings is 3. The van der Waals surface area contributed by atoms with Crippen LogP contribution in [0.25, 0.3) is 36.6 Å². The molecule has 0 fully saturated rings. The van der Waals surface area contributed by atoms with Gasteiger partial charge in [0.25, 0.3) is 10.9 Å². The Kier molecular flexibility index (Phi) is 6.75. The maximum Gasteiger partial charge on any atom is 0.272 e. The van der Waals surface area contributed by atoms with Gasteiger partial charge in [0.1, 0.15) is 5.75 Å². The van der Waals surface area contributed by atoms with Crippen LogP contribution < -0.4 is 14.8 Å². The van der Waals surface area contributed by atoms with E-state index in [-0.39, 0.29) is 5.91 Å². The molecule has 6 aromatic rings. The molecule has 198 valence electrons. The Bertz CT molecular complexity index is 1840. The Labute approximate surface area is 232 Å². The Morgan fingerprint density at radius 3 is 2.40 bits per heavy atom. The minimum absolute atomic E-state index is 0.198. The summed E-state index contributed by atoms with van der Waals surface area (Å²) in [6.07, 6.45) is 2.92. The molecular formula is C30H25N6O3S+. The topological polar surface area (TPSA) is 112 Å². The molecule has 0 radical (unpaired) electrons. The lowest BCUT2D eigenvalue weighted by molar-refractivity contribution is 0.0950. The van der Waals surface area contributed by atoms with Crippen LogP contribution in [0, 0.1) is 6.92 Å². The minimum atomic E-state index is -0.486. The van der Waals surface area contributed by atoms with E-state index in [4.69, 9.17) is 14.5 Å². The van der Waals surface area contributed by atoms with Gasteiger partial charge in [0.05, 0.1) is 35.6 Å². The Balaban J connectivity index is 1.27. The van der Waals surface area contributed by atoms with E-state index in [1.807, 2.05) is 42.5 Å². The molecule has 10 heteroatoms. The van der Waals surface area contributed by atoms with Crippen LogP contribution >= 0.6 is 10.5 Å². The third-order valence-electron chi connectivity index (χ3n) is 6.61. The van der Waals surface area contributed by atoms with Crippen LogP contribution in [0.3, 0.4) is 0 Å². The molecule has 3 aromatic heterocycles. The van der Waals surface area contributed by atoms with E-state index in [0.29, 0.717) is 17.9 Å². The fourth-order valence-electron chi connectivity index (χ4n) is 4.63. The molecule has 40 heavy (non-hydrogen) atoms. The van der Waals surface area contributed by atoms with E-state index >= 15 is 0 Å². The highest BCUT2D eigenvalue weighted by molar-refractivity contribution is 7.50. The number of thiophene rings is 1. The molecular weight excluding hydrogens is 524 g/mol. The molecule has 0 saturated heterocycles. The van der Waals surface area contributed by atoms with Crippen LogP contribution in [-0.2, 0) is 6.54 Å². The van der Waals surface area contributed by atoms with Gasteiger partial charge in [-0.25, -0.2) is 4.98 Å². The summed E-state index contributed by atoms with van der Waals surface area (Å²) in [7, 11) is 2.84. The second kappa shape index (κ2) is 10.7. The summed E-state index contributed by atoms with van der Waals surface area (Å²) in [4.78, 5) is 17.7. The predicted octanol–water partition coefficient (Wildman–Crippen LogP) is 5.63. The average Bonchev–Trinajstić information content (AvgIpc) is 3.33. The number of aromatic nitrogens is 5. The van der Waals surface area contributed by atoms with Gasteiger partial charge in [-0.05, 0) is 36.8 Å². The molecule has 0 spiro atoms. The maximum absolute atomic E-state index is 12.9. The molecule has 1 unspecified atom stereocenters. The largest absolute Gasteiger partial charge is 0.497 e. The lowest BCUT2D eigenvalue weighted by Gasteiger charge is -2.06. The zero-order valence-electron chi connectivity index (χ0n) is 22.1. The molecule has 1 N–H and O–H groups in total. The summed E-state index contributed by atoms with van der Waals surface area (Å²) >= 11 is 0. The van der Waals surface area contributed by atoms with Crippen LogP contribution in [0.4, 0.5) is 0 Å². The van der Waals surface area contributed by atoms with Crippen molar-refractivity contribution in [1.29, 1.82) is 0 Å². The van der Waals surface area contributed by atoms with Gasteiger partial charge in [-0.15, -0.1) is 20.4 Å². The Morgan fingerprint density at radius 2 is 1.70 bits per heavy atom. The summed E-state index contributed by atoms with van der Waals surface area (Å²) in [6.45, 7) is 2.46. The van der Waals surface area contributed by atoms with E-state index in [0.717, 1.165) is 43.1 Å². The average molecular weight is 550 g/mol. The molecule has 0 bridgehead atoms. The van der Waals surface area contributed by atoms with Gasteiger partial charge in [0, 0.05) is 35.8 Å². The molecule has 0 aliphatic carbocycles. The number of fused-ring (bicyclic) bond motifs is 3. The minimum Gasteiger partial charge on any atom is -0.497 e. The number of pyridine rings is 1. The van der Waals surface area contributed by atoms with Crippen LogP contribution in [0.15, 0.2) is 79.3 Å². The zero-order chi connectivity index (χ0) is 27.6. The highest BCUT2D eigenvalue weighted by Crippen LogP contribution is 2.52. The number of nitrogens with one attached hydrogen (secondary N) is 1. The second-order valence-electron chi connectivity index (χ2n) is 9.15. The lowest BCUT2D eigenvalue weighted by Crippen LogP contribution is -2.22. The molecule has 0 saturated carbocycles. The zero-order valence-corrected chi connectivity index (χ0v) is 22.9. The molecule has 3 heterocycles. The van der Waals surface area contributed by atoms with Gasteiger partial charge in [-0.2, -0.15) is 0 Å². The number of carbonyl (C=O) groups excluding carboxylic acids is 1. The molecule has 0 aliphatic rings. The number of nitrogens with zero attached hydrogens (tertiary/aromatic N) is 5. The van der Waals surface area contributed by atoms with Gasteiger partial charge in [-0.1, -0.05) is 35.9 Å². The third kappa shape index (κ3) is 4.69. The number of carbonyl (C=O) groups is 1. The van der Waals surface area contributed by atoms with Crippen molar-refractivity contribution in [1.82, 2.24) is 30.7 Å². The second-order valence-corrected chi connectivity index (χ2v) is 11.0. The van der Waals surface area contributed by atoms with Crippen molar-refractivity contribution in [3.05, 3.63) is 95.9 Å². The van der Waals surface area contributed by atoms with E-state index in [1.54, 1.807) is 20.4 Å². The van der Waals surface area contributed by atoms with Gasteiger partial charge < -0.3 is 14.8 Å². The molecule has 6 rings (SSSR count). The van der Waals surface area contributed by atoms with Gasteiger partial charge in [-0.3, -0.25) is 4.79 Å². The number of hydrogen-bond acceptors (Lipinski definition) is 8. The predicted molar refractivity (Wildman–Crippen MR) is 155 cm³/mol. The SMILES string of the molecule is COc1cc(OC)c2c(c1)c1cc(C)ccc1[s+]2-c1ccc(C(=O)NCc2ccc(-c3nncnn3)cc2)cn1. The summed E-state index contributed by atoms with van der Waals surface area (Å²) in [5, 5.41) is 21.5. The summed E-state index contributed by atoms with van der Waals surface area (Å²) < 4.78 is 13.6. The number of rotatable bonds is 7.